The average molecular weight is 481 g/mol. The standard InChI is InChI=1S/C25H28ClF3N2O2/c26-20-8-6-19(7-9-20)23(10-11-23)22(32)30-17-21(16-18-4-2-1-3-5-18)31-14-12-24(33,13-15-31)25(27,28)29/h1-9,21,33H,10-17H2,(H,30,32)/t21-/m1/s1. The van der Waals surface area contributed by atoms with Gasteiger partial charge in [-0.1, -0.05) is 54.1 Å². The molecule has 1 saturated heterocycles. The Morgan fingerprint density at radius 1 is 1.03 bits per heavy atom. The van der Waals surface area contributed by atoms with E-state index >= 15 is 0 Å². The van der Waals surface area contributed by atoms with E-state index < -0.39 is 17.2 Å². The fourth-order valence-electron chi connectivity index (χ4n) is 4.68. The van der Waals surface area contributed by atoms with Gasteiger partial charge in [0.15, 0.2) is 5.60 Å². The number of halogens is 4. The highest BCUT2D eigenvalue weighted by Crippen LogP contribution is 2.48. The number of piperidine rings is 1. The lowest BCUT2D eigenvalue weighted by atomic mass is 9.89. The average Bonchev–Trinajstić information content (AvgIpc) is 3.60. The Labute approximate surface area is 196 Å². The van der Waals surface area contributed by atoms with E-state index in [2.05, 4.69) is 5.32 Å². The van der Waals surface area contributed by atoms with Crippen molar-refractivity contribution in [2.24, 2.45) is 0 Å². The van der Waals surface area contributed by atoms with Gasteiger partial charge in [-0.2, -0.15) is 13.2 Å². The number of nitrogens with one attached hydrogen (secondary N) is 1. The zero-order valence-corrected chi connectivity index (χ0v) is 19.0. The SMILES string of the molecule is O=C(NC[C@@H](Cc1ccccc1)N1CCC(O)(C(F)(F)F)CC1)C1(c2ccc(Cl)cc2)CC1. The lowest BCUT2D eigenvalue weighted by molar-refractivity contribution is -0.273. The summed E-state index contributed by atoms with van der Waals surface area (Å²) in [7, 11) is 0. The molecule has 8 heteroatoms. The zero-order chi connectivity index (χ0) is 23.7. The molecular weight excluding hydrogens is 453 g/mol. The second-order valence-electron chi connectivity index (χ2n) is 9.21. The molecule has 1 heterocycles. The topological polar surface area (TPSA) is 52.6 Å². The molecule has 0 spiro atoms. The van der Waals surface area contributed by atoms with Gasteiger partial charge in [-0.15, -0.1) is 0 Å². The van der Waals surface area contributed by atoms with Crippen molar-refractivity contribution in [1.82, 2.24) is 10.2 Å². The van der Waals surface area contributed by atoms with Crippen LogP contribution in [0.25, 0.3) is 0 Å². The first-order valence-electron chi connectivity index (χ1n) is 11.2. The van der Waals surface area contributed by atoms with Gasteiger partial charge < -0.3 is 10.4 Å². The Morgan fingerprint density at radius 3 is 2.18 bits per heavy atom. The summed E-state index contributed by atoms with van der Waals surface area (Å²) in [4.78, 5) is 15.1. The molecule has 4 rings (SSSR count). The minimum Gasteiger partial charge on any atom is -0.380 e. The summed E-state index contributed by atoms with van der Waals surface area (Å²) in [6.45, 7) is 0.560. The van der Waals surface area contributed by atoms with Crippen LogP contribution in [-0.4, -0.2) is 53.4 Å². The van der Waals surface area contributed by atoms with Crippen LogP contribution in [0.3, 0.4) is 0 Å². The molecule has 2 fully saturated rings. The fraction of sp³-hybridized carbons (Fsp3) is 0.480. The molecule has 0 radical (unpaired) electrons. The quantitative estimate of drug-likeness (QED) is 0.614. The summed E-state index contributed by atoms with van der Waals surface area (Å²) in [6.07, 6.45) is -3.27. The van der Waals surface area contributed by atoms with Crippen molar-refractivity contribution in [2.75, 3.05) is 19.6 Å². The van der Waals surface area contributed by atoms with Gasteiger partial charge in [0.05, 0.1) is 5.41 Å². The molecule has 4 nitrogen and oxygen atoms in total. The minimum absolute atomic E-state index is 0.0632. The summed E-state index contributed by atoms with van der Waals surface area (Å²) in [6, 6.07) is 16.8. The van der Waals surface area contributed by atoms with Crippen molar-refractivity contribution in [2.45, 2.75) is 55.3 Å². The first kappa shape index (κ1) is 24.0. The monoisotopic (exact) mass is 480 g/mol. The highest BCUT2D eigenvalue weighted by molar-refractivity contribution is 6.30. The van der Waals surface area contributed by atoms with Crippen molar-refractivity contribution in [3.63, 3.8) is 0 Å². The summed E-state index contributed by atoms with van der Waals surface area (Å²) < 4.78 is 39.7. The van der Waals surface area contributed by atoms with Crippen molar-refractivity contribution >= 4 is 17.5 Å². The molecule has 178 valence electrons. The molecule has 1 aliphatic heterocycles. The summed E-state index contributed by atoms with van der Waals surface area (Å²) in [5, 5.41) is 13.7. The molecule has 1 atom stereocenters. The molecule has 0 aromatic heterocycles. The first-order valence-corrected chi connectivity index (χ1v) is 11.6. The van der Waals surface area contributed by atoms with Gasteiger partial charge in [-0.05, 0) is 55.4 Å². The Hall–Kier alpha value is -2.09. The molecule has 2 aromatic carbocycles. The first-order chi connectivity index (χ1) is 15.6. The molecule has 0 unspecified atom stereocenters. The van der Waals surface area contributed by atoms with E-state index in [1.54, 1.807) is 12.1 Å². The van der Waals surface area contributed by atoms with Crippen molar-refractivity contribution < 1.29 is 23.1 Å². The normalized spacial score (nSPS) is 20.8. The van der Waals surface area contributed by atoms with E-state index in [1.165, 1.54) is 0 Å². The van der Waals surface area contributed by atoms with E-state index in [9.17, 15) is 23.1 Å². The van der Waals surface area contributed by atoms with E-state index in [0.29, 0.717) is 18.0 Å². The molecular formula is C25H28ClF3N2O2. The van der Waals surface area contributed by atoms with Crippen molar-refractivity contribution in [3.05, 3.63) is 70.7 Å². The van der Waals surface area contributed by atoms with Crippen LogP contribution in [0.2, 0.25) is 5.02 Å². The number of carbonyl (C=O) groups excluding carboxylic acids is 1. The molecule has 2 N–H and O–H groups in total. The molecule has 1 aliphatic carbocycles. The number of amides is 1. The van der Waals surface area contributed by atoms with Crippen LogP contribution in [0, 0.1) is 0 Å². The Kier molecular flexibility index (Phi) is 6.76. The number of rotatable bonds is 7. The smallest absolute Gasteiger partial charge is 0.380 e. The maximum atomic E-state index is 13.2. The Balaban J connectivity index is 1.44. The van der Waals surface area contributed by atoms with Crippen molar-refractivity contribution in [1.29, 1.82) is 0 Å². The summed E-state index contributed by atoms with van der Waals surface area (Å²) >= 11 is 5.98. The van der Waals surface area contributed by atoms with E-state index in [4.69, 9.17) is 11.6 Å². The van der Waals surface area contributed by atoms with E-state index in [1.807, 2.05) is 47.4 Å². The van der Waals surface area contributed by atoms with Crippen LogP contribution in [0.1, 0.15) is 36.8 Å². The molecule has 1 saturated carbocycles. The third-order valence-electron chi connectivity index (χ3n) is 7.06. The van der Waals surface area contributed by atoms with Crippen LogP contribution in [0.15, 0.2) is 54.6 Å². The van der Waals surface area contributed by atoms with E-state index in [0.717, 1.165) is 24.0 Å². The minimum atomic E-state index is -4.64. The fourth-order valence-corrected chi connectivity index (χ4v) is 4.81. The predicted molar refractivity (Wildman–Crippen MR) is 121 cm³/mol. The maximum Gasteiger partial charge on any atom is 0.417 e. The molecule has 33 heavy (non-hydrogen) atoms. The number of benzene rings is 2. The molecule has 2 aliphatic rings. The summed E-state index contributed by atoms with van der Waals surface area (Å²) in [5.74, 6) is -0.0632. The van der Waals surface area contributed by atoms with Gasteiger partial charge in [-0.3, -0.25) is 9.69 Å². The highest BCUT2D eigenvalue weighted by atomic mass is 35.5. The Morgan fingerprint density at radius 2 is 1.64 bits per heavy atom. The third-order valence-corrected chi connectivity index (χ3v) is 7.32. The predicted octanol–water partition coefficient (Wildman–Crippen LogP) is 4.49. The van der Waals surface area contributed by atoms with Gasteiger partial charge in [0, 0.05) is 30.7 Å². The number of alkyl halides is 3. The number of hydrogen-bond acceptors (Lipinski definition) is 3. The number of hydrogen-bond donors (Lipinski definition) is 2. The van der Waals surface area contributed by atoms with Crippen LogP contribution >= 0.6 is 11.6 Å². The van der Waals surface area contributed by atoms with Gasteiger partial charge >= 0.3 is 6.18 Å². The number of nitrogens with zero attached hydrogens (tertiary/aromatic N) is 1. The van der Waals surface area contributed by atoms with Crippen LogP contribution < -0.4 is 5.32 Å². The molecule has 2 aromatic rings. The number of carbonyl (C=O) groups is 1. The van der Waals surface area contributed by atoms with Crippen LogP contribution in [0.4, 0.5) is 13.2 Å². The number of aliphatic hydroxyl groups is 1. The lowest BCUT2D eigenvalue weighted by Gasteiger charge is -2.42. The number of likely N-dealkylation sites (tertiary alicyclic amines) is 1. The van der Waals surface area contributed by atoms with Gasteiger partial charge in [0.1, 0.15) is 0 Å². The lowest BCUT2D eigenvalue weighted by Crippen LogP contribution is -2.57. The van der Waals surface area contributed by atoms with Gasteiger partial charge in [0.25, 0.3) is 0 Å². The van der Waals surface area contributed by atoms with Gasteiger partial charge in [0.2, 0.25) is 5.91 Å². The summed E-state index contributed by atoms with van der Waals surface area (Å²) in [5.41, 5.74) is -1.22. The van der Waals surface area contributed by atoms with E-state index in [-0.39, 0.29) is 37.9 Å². The van der Waals surface area contributed by atoms with Crippen molar-refractivity contribution in [3.8, 4) is 0 Å². The molecule has 0 bridgehead atoms. The zero-order valence-electron chi connectivity index (χ0n) is 18.2. The maximum absolute atomic E-state index is 13.2. The molecule has 1 amide bonds. The second kappa shape index (κ2) is 9.28. The Bertz CT molecular complexity index is 954. The van der Waals surface area contributed by atoms with Crippen LogP contribution in [0.5, 0.6) is 0 Å². The van der Waals surface area contributed by atoms with Crippen LogP contribution in [-0.2, 0) is 16.6 Å². The largest absolute Gasteiger partial charge is 0.417 e. The third kappa shape index (κ3) is 5.20. The van der Waals surface area contributed by atoms with Gasteiger partial charge in [-0.25, -0.2) is 0 Å². The second-order valence-corrected chi connectivity index (χ2v) is 9.64. The highest BCUT2D eigenvalue weighted by Gasteiger charge is 2.55.